The smallest absolute Gasteiger partial charge is 0.253 e. The third-order valence-electron chi connectivity index (χ3n) is 6.24. The SMILES string of the molecule is Cc1ccc(N2C(=O)CSC23CCN(C(=O)c2ccc(C(C)(C)C)cc2)CC3)cc1. The zero-order valence-electron chi connectivity index (χ0n) is 18.3. The summed E-state index contributed by atoms with van der Waals surface area (Å²) in [5.74, 6) is 0.763. The van der Waals surface area contributed by atoms with E-state index in [0.717, 1.165) is 24.1 Å². The Kier molecular flexibility index (Phi) is 5.43. The van der Waals surface area contributed by atoms with E-state index in [9.17, 15) is 9.59 Å². The van der Waals surface area contributed by atoms with Crippen molar-refractivity contribution in [3.05, 3.63) is 65.2 Å². The first-order valence-corrected chi connectivity index (χ1v) is 11.6. The molecule has 30 heavy (non-hydrogen) atoms. The van der Waals surface area contributed by atoms with E-state index in [1.54, 1.807) is 11.8 Å². The van der Waals surface area contributed by atoms with Crippen LogP contribution in [0, 0.1) is 6.92 Å². The van der Waals surface area contributed by atoms with Crippen molar-refractivity contribution in [2.24, 2.45) is 0 Å². The van der Waals surface area contributed by atoms with Crippen LogP contribution in [0.4, 0.5) is 5.69 Å². The molecule has 0 aromatic heterocycles. The topological polar surface area (TPSA) is 40.6 Å². The predicted molar refractivity (Wildman–Crippen MR) is 124 cm³/mol. The van der Waals surface area contributed by atoms with Crippen molar-refractivity contribution in [1.29, 1.82) is 0 Å². The highest BCUT2D eigenvalue weighted by molar-refractivity contribution is 8.02. The van der Waals surface area contributed by atoms with E-state index in [2.05, 4.69) is 52.0 Å². The molecule has 158 valence electrons. The van der Waals surface area contributed by atoms with Crippen LogP contribution in [-0.4, -0.2) is 40.4 Å². The summed E-state index contributed by atoms with van der Waals surface area (Å²) in [5.41, 5.74) is 4.19. The van der Waals surface area contributed by atoms with Gasteiger partial charge in [0.05, 0.1) is 10.6 Å². The van der Waals surface area contributed by atoms with Gasteiger partial charge < -0.3 is 4.90 Å². The molecule has 0 bridgehead atoms. The highest BCUT2D eigenvalue weighted by atomic mass is 32.2. The van der Waals surface area contributed by atoms with Gasteiger partial charge >= 0.3 is 0 Å². The van der Waals surface area contributed by atoms with Crippen molar-refractivity contribution in [1.82, 2.24) is 4.90 Å². The summed E-state index contributed by atoms with van der Waals surface area (Å²) >= 11 is 1.73. The molecule has 0 unspecified atom stereocenters. The Balaban J connectivity index is 1.48. The molecule has 0 atom stereocenters. The van der Waals surface area contributed by atoms with Gasteiger partial charge in [-0.25, -0.2) is 0 Å². The van der Waals surface area contributed by atoms with E-state index in [4.69, 9.17) is 0 Å². The molecule has 0 N–H and O–H groups in total. The van der Waals surface area contributed by atoms with Crippen molar-refractivity contribution in [3.63, 3.8) is 0 Å². The molecule has 2 aliphatic heterocycles. The lowest BCUT2D eigenvalue weighted by molar-refractivity contribution is -0.116. The molecule has 5 heteroatoms. The van der Waals surface area contributed by atoms with Gasteiger partial charge in [-0.2, -0.15) is 0 Å². The van der Waals surface area contributed by atoms with Gasteiger partial charge in [0, 0.05) is 24.3 Å². The lowest BCUT2D eigenvalue weighted by Gasteiger charge is -2.44. The second-order valence-electron chi connectivity index (χ2n) is 9.42. The van der Waals surface area contributed by atoms with Gasteiger partial charge in [0.15, 0.2) is 0 Å². The Morgan fingerprint density at radius 3 is 2.13 bits per heavy atom. The number of carbonyl (C=O) groups is 2. The average molecular weight is 423 g/mol. The molecule has 2 aromatic rings. The molecular weight excluding hydrogens is 392 g/mol. The van der Waals surface area contributed by atoms with Gasteiger partial charge in [0.2, 0.25) is 5.91 Å². The highest BCUT2D eigenvalue weighted by Crippen LogP contribution is 2.46. The molecule has 0 radical (unpaired) electrons. The molecule has 2 fully saturated rings. The number of benzene rings is 2. The largest absolute Gasteiger partial charge is 0.338 e. The van der Waals surface area contributed by atoms with Crippen LogP contribution in [0.15, 0.2) is 48.5 Å². The normalized spacial score (nSPS) is 18.9. The van der Waals surface area contributed by atoms with E-state index in [0.29, 0.717) is 18.8 Å². The first-order chi connectivity index (χ1) is 14.2. The fourth-order valence-electron chi connectivity index (χ4n) is 4.35. The maximum atomic E-state index is 13.1. The predicted octanol–water partition coefficient (Wildman–Crippen LogP) is 5.00. The van der Waals surface area contributed by atoms with E-state index in [1.807, 2.05) is 34.1 Å². The van der Waals surface area contributed by atoms with Crippen molar-refractivity contribution < 1.29 is 9.59 Å². The number of likely N-dealkylation sites (tertiary alicyclic amines) is 1. The van der Waals surface area contributed by atoms with Crippen LogP contribution in [0.2, 0.25) is 0 Å². The van der Waals surface area contributed by atoms with Crippen molar-refractivity contribution >= 4 is 29.3 Å². The van der Waals surface area contributed by atoms with Crippen LogP contribution in [0.3, 0.4) is 0 Å². The molecule has 0 aliphatic carbocycles. The molecule has 2 amide bonds. The number of carbonyl (C=O) groups excluding carboxylic acids is 2. The Hall–Kier alpha value is -2.27. The summed E-state index contributed by atoms with van der Waals surface area (Å²) < 4.78 is 0. The first-order valence-electron chi connectivity index (χ1n) is 10.6. The summed E-state index contributed by atoms with van der Waals surface area (Å²) in [6, 6.07) is 16.2. The van der Waals surface area contributed by atoms with Crippen molar-refractivity contribution in [2.45, 2.75) is 50.8 Å². The third-order valence-corrected chi connectivity index (χ3v) is 7.76. The van der Waals surface area contributed by atoms with Crippen LogP contribution in [-0.2, 0) is 10.2 Å². The van der Waals surface area contributed by atoms with E-state index in [-0.39, 0.29) is 22.1 Å². The number of rotatable bonds is 2. The summed E-state index contributed by atoms with van der Waals surface area (Å²) in [7, 11) is 0. The summed E-state index contributed by atoms with van der Waals surface area (Å²) in [6.45, 7) is 9.92. The number of thioether (sulfide) groups is 1. The number of amides is 2. The van der Waals surface area contributed by atoms with Crippen molar-refractivity contribution in [2.75, 3.05) is 23.7 Å². The zero-order chi connectivity index (χ0) is 21.5. The van der Waals surface area contributed by atoms with Gasteiger partial charge in [-0.15, -0.1) is 11.8 Å². The second kappa shape index (κ2) is 7.77. The Morgan fingerprint density at radius 2 is 1.57 bits per heavy atom. The number of hydrogen-bond donors (Lipinski definition) is 0. The van der Waals surface area contributed by atoms with Gasteiger partial charge in [-0.3, -0.25) is 14.5 Å². The van der Waals surface area contributed by atoms with Crippen LogP contribution in [0.1, 0.15) is 55.1 Å². The van der Waals surface area contributed by atoms with Gasteiger partial charge in [-0.05, 0) is 55.0 Å². The van der Waals surface area contributed by atoms with Crippen LogP contribution >= 0.6 is 11.8 Å². The molecule has 2 heterocycles. The standard InChI is InChI=1S/C25H30N2O2S/c1-18-5-11-21(12-6-18)27-22(28)17-30-25(27)13-15-26(16-14-25)23(29)19-7-9-20(10-8-19)24(2,3)4/h5-12H,13-17H2,1-4H3. The molecule has 4 nitrogen and oxygen atoms in total. The maximum absolute atomic E-state index is 13.1. The monoisotopic (exact) mass is 422 g/mol. The van der Waals surface area contributed by atoms with Gasteiger partial charge in [0.25, 0.3) is 5.91 Å². The third kappa shape index (κ3) is 3.87. The van der Waals surface area contributed by atoms with Crippen LogP contribution in [0.25, 0.3) is 0 Å². The zero-order valence-corrected chi connectivity index (χ0v) is 19.1. The minimum absolute atomic E-state index is 0.0742. The average Bonchev–Trinajstić information content (AvgIpc) is 3.04. The lowest BCUT2D eigenvalue weighted by atomic mass is 9.86. The molecule has 4 rings (SSSR count). The molecule has 2 saturated heterocycles. The molecule has 2 aromatic carbocycles. The van der Waals surface area contributed by atoms with E-state index >= 15 is 0 Å². The van der Waals surface area contributed by atoms with E-state index < -0.39 is 0 Å². The van der Waals surface area contributed by atoms with Gasteiger partial charge in [-0.1, -0.05) is 50.6 Å². The van der Waals surface area contributed by atoms with Gasteiger partial charge in [0.1, 0.15) is 0 Å². The Bertz CT molecular complexity index is 937. The highest BCUT2D eigenvalue weighted by Gasteiger charge is 2.49. The lowest BCUT2D eigenvalue weighted by Crippen LogP contribution is -2.53. The Morgan fingerprint density at radius 1 is 0.967 bits per heavy atom. The fourth-order valence-corrected chi connectivity index (χ4v) is 5.68. The summed E-state index contributed by atoms with van der Waals surface area (Å²) in [4.78, 5) is 29.4. The molecule has 0 saturated carbocycles. The summed E-state index contributed by atoms with van der Waals surface area (Å²) in [6.07, 6.45) is 1.59. The minimum atomic E-state index is -0.237. The maximum Gasteiger partial charge on any atom is 0.253 e. The van der Waals surface area contributed by atoms with Crippen molar-refractivity contribution in [3.8, 4) is 0 Å². The fraction of sp³-hybridized carbons (Fsp3) is 0.440. The molecule has 1 spiro atoms. The van der Waals surface area contributed by atoms with Crippen LogP contribution in [0.5, 0.6) is 0 Å². The number of nitrogens with zero attached hydrogens (tertiary/aromatic N) is 2. The summed E-state index contributed by atoms with van der Waals surface area (Å²) in [5, 5.41) is 0. The number of aryl methyl sites for hydroxylation is 1. The quantitative estimate of drug-likeness (QED) is 0.683. The molecular formula is C25H30N2O2S. The first kappa shape index (κ1) is 21.0. The number of hydrogen-bond acceptors (Lipinski definition) is 3. The minimum Gasteiger partial charge on any atom is -0.338 e. The molecule has 2 aliphatic rings. The second-order valence-corrected chi connectivity index (χ2v) is 10.8. The van der Waals surface area contributed by atoms with E-state index in [1.165, 1.54) is 11.1 Å². The number of piperidine rings is 1. The van der Waals surface area contributed by atoms with Crippen LogP contribution < -0.4 is 4.90 Å². The Labute approximate surface area is 183 Å². The number of anilines is 1.